The van der Waals surface area contributed by atoms with Crippen LogP contribution in [0.2, 0.25) is 5.02 Å². The fourth-order valence-electron chi connectivity index (χ4n) is 4.42. The maximum absolute atomic E-state index is 11.8. The second-order valence-corrected chi connectivity index (χ2v) is 9.50. The standard InChI is InChI=1S/C23H31ClN10O3/c1-36-18-11-33(10-16(18)30-23(35)37-2)17-6-12(7-25)5-15(19(17)24)29-22-31-20(28-13-3-4-13)21-27-9-14(8-26)34(21)32-22/h5-6,9,13,16,18H,3-4,7-8,10-11,25-26H2,1-2H3,(H,30,35)(H2,28,29,31,32)/t16-,18-/m0/s1. The molecule has 198 valence electrons. The number of fused-ring (bicyclic) bond motifs is 1. The van der Waals surface area contributed by atoms with Crippen molar-refractivity contribution < 1.29 is 14.3 Å². The van der Waals surface area contributed by atoms with E-state index in [1.165, 1.54) is 7.11 Å². The van der Waals surface area contributed by atoms with Crippen LogP contribution in [0.3, 0.4) is 0 Å². The number of carbonyl (C=O) groups is 1. The summed E-state index contributed by atoms with van der Waals surface area (Å²) < 4.78 is 12.1. The van der Waals surface area contributed by atoms with Crippen molar-refractivity contribution in [1.82, 2.24) is 24.9 Å². The first-order valence-electron chi connectivity index (χ1n) is 12.1. The average Bonchev–Trinajstić information content (AvgIpc) is 3.47. The van der Waals surface area contributed by atoms with Gasteiger partial charge in [-0.1, -0.05) is 11.6 Å². The first kappa shape index (κ1) is 25.3. The van der Waals surface area contributed by atoms with E-state index in [0.29, 0.717) is 53.8 Å². The second kappa shape index (κ2) is 10.5. The van der Waals surface area contributed by atoms with Gasteiger partial charge in [0.25, 0.3) is 0 Å². The van der Waals surface area contributed by atoms with Gasteiger partial charge in [0, 0.05) is 39.3 Å². The lowest BCUT2D eigenvalue weighted by atomic mass is 10.1. The number of alkyl carbamates (subject to hydrolysis) is 1. The molecule has 13 nitrogen and oxygen atoms in total. The van der Waals surface area contributed by atoms with Gasteiger partial charge in [-0.15, -0.1) is 5.10 Å². The van der Waals surface area contributed by atoms with E-state index in [1.54, 1.807) is 17.8 Å². The quantitative estimate of drug-likeness (QED) is 0.272. The third kappa shape index (κ3) is 5.21. The molecular weight excluding hydrogens is 500 g/mol. The van der Waals surface area contributed by atoms with Gasteiger partial charge >= 0.3 is 6.09 Å². The predicted molar refractivity (Wildman–Crippen MR) is 140 cm³/mol. The zero-order valence-corrected chi connectivity index (χ0v) is 21.5. The Bertz CT molecular complexity index is 1300. The molecule has 5 rings (SSSR count). The van der Waals surface area contributed by atoms with E-state index in [-0.39, 0.29) is 18.7 Å². The van der Waals surface area contributed by atoms with Crippen molar-refractivity contribution in [1.29, 1.82) is 0 Å². The number of rotatable bonds is 9. The first-order valence-corrected chi connectivity index (χ1v) is 12.4. The average molecular weight is 531 g/mol. The van der Waals surface area contributed by atoms with Crippen LogP contribution in [0.4, 0.5) is 27.9 Å². The number of ether oxygens (including phenoxy) is 2. The molecule has 0 spiro atoms. The molecule has 3 heterocycles. The number of aromatic nitrogens is 4. The second-order valence-electron chi connectivity index (χ2n) is 9.12. The van der Waals surface area contributed by atoms with Gasteiger partial charge in [0.2, 0.25) is 5.95 Å². The molecule has 0 unspecified atom stereocenters. The minimum absolute atomic E-state index is 0.245. The van der Waals surface area contributed by atoms with E-state index >= 15 is 0 Å². The predicted octanol–water partition coefficient (Wildman–Crippen LogP) is 1.57. The number of carbonyl (C=O) groups excluding carboxylic acids is 1. The number of nitrogens with one attached hydrogen (secondary N) is 3. The van der Waals surface area contributed by atoms with Gasteiger partial charge in [-0.3, -0.25) is 0 Å². The van der Waals surface area contributed by atoms with Crippen molar-refractivity contribution in [3.05, 3.63) is 34.6 Å². The summed E-state index contributed by atoms with van der Waals surface area (Å²) in [5.74, 6) is 0.969. The van der Waals surface area contributed by atoms with Gasteiger partial charge in [-0.05, 0) is 30.5 Å². The first-order chi connectivity index (χ1) is 17.9. The van der Waals surface area contributed by atoms with Crippen LogP contribution in [-0.2, 0) is 22.6 Å². The summed E-state index contributed by atoms with van der Waals surface area (Å²) in [7, 11) is 2.94. The highest BCUT2D eigenvalue weighted by atomic mass is 35.5. The summed E-state index contributed by atoms with van der Waals surface area (Å²) >= 11 is 6.92. The van der Waals surface area contributed by atoms with Crippen LogP contribution in [0.25, 0.3) is 5.65 Å². The Balaban J connectivity index is 1.48. The molecule has 14 heteroatoms. The lowest BCUT2D eigenvalue weighted by Crippen LogP contribution is -2.43. The molecule has 2 aliphatic rings. The van der Waals surface area contributed by atoms with Gasteiger partial charge in [0.05, 0.1) is 47.5 Å². The SMILES string of the molecule is COC(=O)N[C@H]1CN(c2cc(CN)cc(Nc3nc(NC4CC4)c4ncc(CN)n4n3)c2Cl)C[C@@H]1OC. The van der Waals surface area contributed by atoms with Crippen LogP contribution in [0.1, 0.15) is 24.1 Å². The van der Waals surface area contributed by atoms with Crippen LogP contribution in [-0.4, -0.2) is 71.2 Å². The van der Waals surface area contributed by atoms with Gasteiger partial charge in [0.15, 0.2) is 11.5 Å². The summed E-state index contributed by atoms with van der Waals surface area (Å²) in [6.07, 6.45) is 3.11. The molecular formula is C23H31ClN10O3. The smallest absolute Gasteiger partial charge is 0.407 e. The number of nitrogens with zero attached hydrogens (tertiary/aromatic N) is 5. The number of amides is 1. The molecule has 1 aliphatic carbocycles. The van der Waals surface area contributed by atoms with Gasteiger partial charge < -0.3 is 41.8 Å². The van der Waals surface area contributed by atoms with Crippen molar-refractivity contribution in [2.24, 2.45) is 11.5 Å². The molecule has 3 aromatic rings. The Morgan fingerprint density at radius 1 is 1.22 bits per heavy atom. The Kier molecular flexibility index (Phi) is 7.20. The fraction of sp³-hybridized carbons (Fsp3) is 0.478. The molecule has 1 aromatic carbocycles. The minimum atomic E-state index is -0.516. The van der Waals surface area contributed by atoms with E-state index in [2.05, 4.69) is 31.0 Å². The molecule has 37 heavy (non-hydrogen) atoms. The molecule has 1 amide bonds. The van der Waals surface area contributed by atoms with E-state index < -0.39 is 6.09 Å². The number of benzene rings is 1. The van der Waals surface area contributed by atoms with Gasteiger partial charge in [-0.25, -0.2) is 14.3 Å². The Morgan fingerprint density at radius 2 is 2.03 bits per heavy atom. The lowest BCUT2D eigenvalue weighted by Gasteiger charge is -2.23. The largest absolute Gasteiger partial charge is 0.453 e. The van der Waals surface area contributed by atoms with Crippen LogP contribution in [0.15, 0.2) is 18.3 Å². The summed E-state index contributed by atoms with van der Waals surface area (Å²) in [6.45, 7) is 1.58. The van der Waals surface area contributed by atoms with Crippen molar-refractivity contribution in [2.75, 3.05) is 42.8 Å². The van der Waals surface area contributed by atoms with Crippen LogP contribution >= 0.6 is 11.6 Å². The number of halogens is 1. The lowest BCUT2D eigenvalue weighted by molar-refractivity contribution is 0.0922. The zero-order chi connectivity index (χ0) is 26.1. The van der Waals surface area contributed by atoms with Crippen molar-refractivity contribution in [3.8, 4) is 0 Å². The van der Waals surface area contributed by atoms with E-state index in [1.807, 2.05) is 17.0 Å². The minimum Gasteiger partial charge on any atom is -0.453 e. The monoisotopic (exact) mass is 530 g/mol. The van der Waals surface area contributed by atoms with E-state index in [0.717, 1.165) is 29.8 Å². The molecule has 2 fully saturated rings. The molecule has 2 atom stereocenters. The number of hydrogen-bond donors (Lipinski definition) is 5. The number of methoxy groups -OCH3 is 2. The summed E-state index contributed by atoms with van der Waals surface area (Å²) in [6, 6.07) is 3.91. The Morgan fingerprint density at radius 3 is 2.70 bits per heavy atom. The van der Waals surface area contributed by atoms with Crippen LogP contribution in [0.5, 0.6) is 0 Å². The third-order valence-corrected chi connectivity index (χ3v) is 6.95. The maximum atomic E-state index is 11.8. The molecule has 2 aromatic heterocycles. The highest BCUT2D eigenvalue weighted by Gasteiger charge is 2.35. The normalized spacial score (nSPS) is 19.3. The molecule has 7 N–H and O–H groups in total. The fourth-order valence-corrected chi connectivity index (χ4v) is 4.70. The summed E-state index contributed by atoms with van der Waals surface area (Å²) in [5.41, 5.74) is 15.5. The number of anilines is 4. The molecule has 1 aliphatic heterocycles. The van der Waals surface area contributed by atoms with Gasteiger partial charge in [0.1, 0.15) is 0 Å². The van der Waals surface area contributed by atoms with Crippen LogP contribution < -0.4 is 32.3 Å². The number of imidazole rings is 1. The van der Waals surface area contributed by atoms with E-state index in [4.69, 9.17) is 32.5 Å². The van der Waals surface area contributed by atoms with Crippen LogP contribution in [0, 0.1) is 0 Å². The topological polar surface area (TPSA) is 170 Å². The molecule has 0 bridgehead atoms. The highest BCUT2D eigenvalue weighted by Crippen LogP contribution is 2.38. The molecule has 0 radical (unpaired) electrons. The Labute approximate surface area is 218 Å². The van der Waals surface area contributed by atoms with E-state index in [9.17, 15) is 4.79 Å². The van der Waals surface area contributed by atoms with Crippen molar-refractivity contribution in [3.63, 3.8) is 0 Å². The summed E-state index contributed by atoms with van der Waals surface area (Å²) in [5, 5.41) is 14.6. The number of hydrogen-bond acceptors (Lipinski definition) is 11. The molecule has 1 saturated heterocycles. The number of nitrogens with two attached hydrogens (primary N) is 2. The highest BCUT2D eigenvalue weighted by molar-refractivity contribution is 6.36. The zero-order valence-electron chi connectivity index (χ0n) is 20.7. The maximum Gasteiger partial charge on any atom is 0.407 e. The Hall–Kier alpha value is -3.39. The van der Waals surface area contributed by atoms with Gasteiger partial charge in [-0.2, -0.15) is 4.98 Å². The third-order valence-electron chi connectivity index (χ3n) is 6.55. The molecule has 1 saturated carbocycles. The van der Waals surface area contributed by atoms with Crippen molar-refractivity contribution in [2.45, 2.75) is 44.1 Å². The summed E-state index contributed by atoms with van der Waals surface area (Å²) in [4.78, 5) is 23.0. The van der Waals surface area contributed by atoms with Crippen molar-refractivity contribution >= 4 is 46.5 Å².